The van der Waals surface area contributed by atoms with Gasteiger partial charge < -0.3 is 10.2 Å². The van der Waals surface area contributed by atoms with Gasteiger partial charge in [-0.2, -0.15) is 0 Å². The number of hydrogen-bond acceptors (Lipinski definition) is 6. The molecule has 32 heavy (non-hydrogen) atoms. The van der Waals surface area contributed by atoms with E-state index in [9.17, 15) is 18.0 Å². The van der Waals surface area contributed by atoms with E-state index < -0.39 is 9.84 Å². The molecule has 3 aliphatic rings. The van der Waals surface area contributed by atoms with Crippen molar-refractivity contribution in [3.8, 4) is 0 Å². The van der Waals surface area contributed by atoms with Crippen molar-refractivity contribution in [3.05, 3.63) is 29.3 Å². The Labute approximate surface area is 194 Å². The first kappa shape index (κ1) is 23.5. The van der Waals surface area contributed by atoms with Crippen LogP contribution in [0.25, 0.3) is 0 Å². The Kier molecular flexibility index (Phi) is 7.39. The molecule has 1 N–H and O–H groups in total. The molecule has 3 fully saturated rings. The summed E-state index contributed by atoms with van der Waals surface area (Å²) in [7, 11) is -2.88. The van der Waals surface area contributed by atoms with E-state index in [2.05, 4.69) is 15.1 Å². The van der Waals surface area contributed by atoms with Gasteiger partial charge in [-0.25, -0.2) is 8.42 Å². The molecule has 4 rings (SSSR count). The van der Waals surface area contributed by atoms with Gasteiger partial charge in [-0.15, -0.1) is 0 Å². The van der Waals surface area contributed by atoms with E-state index in [1.165, 1.54) is 0 Å². The summed E-state index contributed by atoms with van der Waals surface area (Å²) in [6.45, 7) is 4.44. The van der Waals surface area contributed by atoms with E-state index in [1.54, 1.807) is 12.1 Å². The second-order valence-corrected chi connectivity index (χ2v) is 11.6. The SMILES string of the molecule is O=C(CN1CCN(C(=O)C2CCN([C@H]3CCS(=O)(=O)C3)CC2)CC1)Nc1ccccc1Cl. The van der Waals surface area contributed by atoms with Gasteiger partial charge >= 0.3 is 0 Å². The smallest absolute Gasteiger partial charge is 0.238 e. The third kappa shape index (κ3) is 5.81. The zero-order valence-corrected chi connectivity index (χ0v) is 19.8. The molecule has 0 unspecified atom stereocenters. The molecule has 8 nitrogen and oxygen atoms in total. The van der Waals surface area contributed by atoms with Crippen molar-refractivity contribution in [2.24, 2.45) is 5.92 Å². The molecule has 1 aromatic carbocycles. The maximum Gasteiger partial charge on any atom is 0.238 e. The first-order valence-corrected chi connectivity index (χ1v) is 13.5. The monoisotopic (exact) mass is 482 g/mol. The van der Waals surface area contributed by atoms with Gasteiger partial charge in [0.25, 0.3) is 0 Å². The topological polar surface area (TPSA) is 90.0 Å². The van der Waals surface area contributed by atoms with Crippen molar-refractivity contribution in [2.75, 3.05) is 62.6 Å². The predicted octanol–water partition coefficient (Wildman–Crippen LogP) is 1.32. The number of rotatable bonds is 5. The lowest BCUT2D eigenvalue weighted by Crippen LogP contribution is -2.53. The Bertz CT molecular complexity index is 941. The molecule has 3 aliphatic heterocycles. The van der Waals surface area contributed by atoms with Gasteiger partial charge in [-0.3, -0.25) is 19.4 Å². The van der Waals surface area contributed by atoms with E-state index in [0.29, 0.717) is 43.3 Å². The van der Waals surface area contributed by atoms with Crippen molar-refractivity contribution in [1.29, 1.82) is 0 Å². The fourth-order valence-electron chi connectivity index (χ4n) is 4.91. The number of piperidine rings is 1. The number of amides is 2. The van der Waals surface area contributed by atoms with Crippen LogP contribution in [0.2, 0.25) is 5.02 Å². The number of hydrogen-bond donors (Lipinski definition) is 1. The van der Waals surface area contributed by atoms with Crippen LogP contribution in [0.3, 0.4) is 0 Å². The summed E-state index contributed by atoms with van der Waals surface area (Å²) in [5, 5.41) is 3.35. The first-order chi connectivity index (χ1) is 15.3. The van der Waals surface area contributed by atoms with Crippen LogP contribution < -0.4 is 5.32 Å². The number of piperazine rings is 1. The minimum absolute atomic E-state index is 0.0133. The number of halogens is 1. The number of para-hydroxylation sites is 1. The molecule has 0 spiro atoms. The molecule has 3 saturated heterocycles. The fraction of sp³-hybridized carbons (Fsp3) is 0.636. The van der Waals surface area contributed by atoms with Crippen LogP contribution in [0, 0.1) is 5.92 Å². The normalized spacial score (nSPS) is 25.0. The number of benzene rings is 1. The number of anilines is 1. The van der Waals surface area contributed by atoms with Crippen LogP contribution in [0.4, 0.5) is 5.69 Å². The Morgan fingerprint density at radius 2 is 1.69 bits per heavy atom. The molecule has 3 heterocycles. The van der Waals surface area contributed by atoms with Gasteiger partial charge in [0, 0.05) is 38.1 Å². The Balaban J connectivity index is 1.19. The van der Waals surface area contributed by atoms with Crippen molar-refractivity contribution >= 4 is 38.9 Å². The molecular formula is C22H31ClN4O4S. The number of carbonyl (C=O) groups is 2. The molecule has 176 valence electrons. The summed E-state index contributed by atoms with van der Waals surface area (Å²) in [6, 6.07) is 7.27. The lowest BCUT2D eigenvalue weighted by Gasteiger charge is -2.39. The summed E-state index contributed by atoms with van der Waals surface area (Å²) in [6.07, 6.45) is 2.29. The molecule has 10 heteroatoms. The average molecular weight is 483 g/mol. The number of nitrogens with one attached hydrogen (secondary N) is 1. The second-order valence-electron chi connectivity index (χ2n) is 9.00. The van der Waals surface area contributed by atoms with Crippen LogP contribution in [-0.2, 0) is 19.4 Å². The number of nitrogens with zero attached hydrogens (tertiary/aromatic N) is 3. The number of carbonyl (C=O) groups excluding carboxylic acids is 2. The maximum absolute atomic E-state index is 13.0. The van der Waals surface area contributed by atoms with Crippen LogP contribution in [0.1, 0.15) is 19.3 Å². The number of likely N-dealkylation sites (tertiary alicyclic amines) is 1. The largest absolute Gasteiger partial charge is 0.340 e. The highest BCUT2D eigenvalue weighted by atomic mass is 35.5. The lowest BCUT2D eigenvalue weighted by atomic mass is 9.94. The highest BCUT2D eigenvalue weighted by Gasteiger charge is 2.36. The van der Waals surface area contributed by atoms with Crippen molar-refractivity contribution in [1.82, 2.24) is 14.7 Å². The van der Waals surface area contributed by atoms with Crippen molar-refractivity contribution < 1.29 is 18.0 Å². The van der Waals surface area contributed by atoms with Crippen molar-refractivity contribution in [2.45, 2.75) is 25.3 Å². The molecule has 0 saturated carbocycles. The van der Waals surface area contributed by atoms with E-state index in [-0.39, 0.29) is 41.8 Å². The maximum atomic E-state index is 13.0. The van der Waals surface area contributed by atoms with Gasteiger partial charge in [-0.1, -0.05) is 23.7 Å². The van der Waals surface area contributed by atoms with E-state index >= 15 is 0 Å². The predicted molar refractivity (Wildman–Crippen MR) is 124 cm³/mol. The summed E-state index contributed by atoms with van der Waals surface area (Å²) in [5.74, 6) is 0.650. The highest BCUT2D eigenvalue weighted by Crippen LogP contribution is 2.26. The Morgan fingerprint density at radius 3 is 2.31 bits per heavy atom. The summed E-state index contributed by atoms with van der Waals surface area (Å²) in [4.78, 5) is 31.6. The van der Waals surface area contributed by atoms with E-state index in [1.807, 2.05) is 17.0 Å². The Morgan fingerprint density at radius 1 is 1.00 bits per heavy atom. The third-order valence-corrected chi connectivity index (χ3v) is 8.88. The zero-order valence-electron chi connectivity index (χ0n) is 18.2. The van der Waals surface area contributed by atoms with Crippen LogP contribution in [0.15, 0.2) is 24.3 Å². The molecule has 1 aromatic rings. The minimum atomic E-state index is -2.88. The molecular weight excluding hydrogens is 452 g/mol. The average Bonchev–Trinajstić information content (AvgIpc) is 3.15. The molecule has 0 bridgehead atoms. The van der Waals surface area contributed by atoms with E-state index in [0.717, 1.165) is 25.9 Å². The second kappa shape index (κ2) is 10.1. The highest BCUT2D eigenvalue weighted by molar-refractivity contribution is 7.91. The summed E-state index contributed by atoms with van der Waals surface area (Å²) in [5.41, 5.74) is 0.606. The van der Waals surface area contributed by atoms with Gasteiger partial charge in [0.15, 0.2) is 9.84 Å². The van der Waals surface area contributed by atoms with Crippen LogP contribution in [0.5, 0.6) is 0 Å². The standard InChI is InChI=1S/C22H31ClN4O4S/c23-19-3-1-2-4-20(19)24-21(28)15-25-10-12-27(13-11-25)22(29)17-5-8-26(9-6-17)18-7-14-32(30,31)16-18/h1-4,17-18H,5-16H2,(H,24,28)/t18-/m0/s1. The molecule has 2 amide bonds. The van der Waals surface area contributed by atoms with Gasteiger partial charge in [0.05, 0.1) is 28.8 Å². The lowest BCUT2D eigenvalue weighted by molar-refractivity contribution is -0.139. The van der Waals surface area contributed by atoms with Crippen LogP contribution in [-0.4, -0.2) is 98.3 Å². The van der Waals surface area contributed by atoms with E-state index in [4.69, 9.17) is 11.6 Å². The summed E-state index contributed by atoms with van der Waals surface area (Å²) >= 11 is 6.09. The van der Waals surface area contributed by atoms with Gasteiger partial charge in [-0.05, 0) is 44.5 Å². The molecule has 0 aromatic heterocycles. The molecule has 0 radical (unpaired) electrons. The third-order valence-electron chi connectivity index (χ3n) is 6.80. The first-order valence-electron chi connectivity index (χ1n) is 11.3. The number of sulfone groups is 1. The van der Waals surface area contributed by atoms with Crippen LogP contribution >= 0.6 is 11.6 Å². The fourth-order valence-corrected chi connectivity index (χ4v) is 6.86. The minimum Gasteiger partial charge on any atom is -0.340 e. The van der Waals surface area contributed by atoms with Crippen molar-refractivity contribution in [3.63, 3.8) is 0 Å². The summed E-state index contributed by atoms with van der Waals surface area (Å²) < 4.78 is 23.5. The Hall–Kier alpha value is -1.68. The van der Waals surface area contributed by atoms with Gasteiger partial charge in [0.2, 0.25) is 11.8 Å². The van der Waals surface area contributed by atoms with Gasteiger partial charge in [0.1, 0.15) is 0 Å². The zero-order chi connectivity index (χ0) is 22.7. The molecule has 0 aliphatic carbocycles. The quantitative estimate of drug-likeness (QED) is 0.680. The molecule has 1 atom stereocenters.